The molecule has 0 aromatic heterocycles. The second-order valence-electron chi connectivity index (χ2n) is 4.75. The number of carbonyl (C=O) groups excluding carboxylic acids is 1. The lowest BCUT2D eigenvalue weighted by molar-refractivity contribution is -0.117. The number of halogens is 1. The van der Waals surface area contributed by atoms with Gasteiger partial charge < -0.3 is 5.11 Å². The molecule has 1 heterocycles. The van der Waals surface area contributed by atoms with Gasteiger partial charge in [-0.05, 0) is 35.4 Å². The van der Waals surface area contributed by atoms with E-state index in [2.05, 4.69) is 0 Å². The van der Waals surface area contributed by atoms with Crippen molar-refractivity contribution in [1.29, 1.82) is 0 Å². The summed E-state index contributed by atoms with van der Waals surface area (Å²) < 4.78 is 39.3. The fourth-order valence-corrected chi connectivity index (χ4v) is 3.36. The lowest BCUT2D eigenvalue weighted by Crippen LogP contribution is -2.29. The lowest BCUT2D eigenvalue weighted by atomic mass is 10.0. The Morgan fingerprint density at radius 3 is 2.32 bits per heavy atom. The standard InChI is InChI=1S/C14H11FN2O4S/c15-11-4-1-9(2-5-11)10-3-6-13(18)12(7-10)17-8-14(19)16-22(17,20)21/h1-7,18H,8H2,(H,16,19). The highest BCUT2D eigenvalue weighted by Gasteiger charge is 2.35. The van der Waals surface area contributed by atoms with Gasteiger partial charge in [0, 0.05) is 0 Å². The van der Waals surface area contributed by atoms with Gasteiger partial charge in [-0.1, -0.05) is 18.2 Å². The minimum Gasteiger partial charge on any atom is -0.506 e. The fourth-order valence-electron chi connectivity index (χ4n) is 2.21. The highest BCUT2D eigenvalue weighted by molar-refractivity contribution is 7.92. The van der Waals surface area contributed by atoms with Crippen molar-refractivity contribution in [3.63, 3.8) is 0 Å². The molecule has 0 spiro atoms. The quantitative estimate of drug-likeness (QED) is 0.874. The van der Waals surface area contributed by atoms with E-state index in [-0.39, 0.29) is 17.3 Å². The Labute approximate surface area is 126 Å². The molecule has 0 atom stereocenters. The Kier molecular flexibility index (Phi) is 3.25. The predicted molar refractivity (Wildman–Crippen MR) is 77.9 cm³/mol. The Hall–Kier alpha value is -2.61. The van der Waals surface area contributed by atoms with Crippen LogP contribution in [0.5, 0.6) is 5.75 Å². The van der Waals surface area contributed by atoms with Crippen LogP contribution in [-0.4, -0.2) is 26.0 Å². The maximum absolute atomic E-state index is 13.0. The molecule has 22 heavy (non-hydrogen) atoms. The molecule has 2 aromatic carbocycles. The number of hydrogen-bond donors (Lipinski definition) is 2. The first-order valence-corrected chi connectivity index (χ1v) is 7.73. The zero-order chi connectivity index (χ0) is 15.9. The Morgan fingerprint density at radius 1 is 1.09 bits per heavy atom. The number of anilines is 1. The van der Waals surface area contributed by atoms with E-state index >= 15 is 0 Å². The number of rotatable bonds is 2. The highest BCUT2D eigenvalue weighted by atomic mass is 32.2. The molecule has 1 amide bonds. The van der Waals surface area contributed by atoms with Gasteiger partial charge in [0.1, 0.15) is 18.1 Å². The van der Waals surface area contributed by atoms with Crippen molar-refractivity contribution in [2.24, 2.45) is 0 Å². The number of nitrogens with zero attached hydrogens (tertiary/aromatic N) is 1. The summed E-state index contributed by atoms with van der Waals surface area (Å²) >= 11 is 0. The van der Waals surface area contributed by atoms with Crippen LogP contribution in [-0.2, 0) is 15.0 Å². The molecule has 6 nitrogen and oxygen atoms in total. The largest absolute Gasteiger partial charge is 0.506 e. The average molecular weight is 322 g/mol. The molecule has 2 N–H and O–H groups in total. The van der Waals surface area contributed by atoms with E-state index in [0.29, 0.717) is 11.1 Å². The summed E-state index contributed by atoms with van der Waals surface area (Å²) in [5.41, 5.74) is 1.22. The number of phenols is 1. The third kappa shape index (κ3) is 2.48. The summed E-state index contributed by atoms with van der Waals surface area (Å²) in [5.74, 6) is -1.34. The van der Waals surface area contributed by atoms with Crippen molar-refractivity contribution in [2.45, 2.75) is 0 Å². The first kappa shape index (κ1) is 14.3. The van der Waals surface area contributed by atoms with Crippen molar-refractivity contribution >= 4 is 21.8 Å². The normalized spacial score (nSPS) is 16.6. The third-order valence-corrected chi connectivity index (χ3v) is 4.63. The highest BCUT2D eigenvalue weighted by Crippen LogP contribution is 2.34. The number of amides is 1. The van der Waals surface area contributed by atoms with E-state index in [0.717, 1.165) is 4.31 Å². The SMILES string of the molecule is O=C1CN(c2cc(-c3ccc(F)cc3)ccc2O)S(=O)(=O)N1. The molecular formula is C14H11FN2O4S. The van der Waals surface area contributed by atoms with E-state index < -0.39 is 22.7 Å². The van der Waals surface area contributed by atoms with Crippen LogP contribution < -0.4 is 9.03 Å². The molecule has 0 unspecified atom stereocenters. The summed E-state index contributed by atoms with van der Waals surface area (Å²) in [4.78, 5) is 11.3. The van der Waals surface area contributed by atoms with Crippen LogP contribution in [0, 0.1) is 5.82 Å². The van der Waals surface area contributed by atoms with Crippen molar-refractivity contribution < 1.29 is 22.7 Å². The van der Waals surface area contributed by atoms with Crippen molar-refractivity contribution in [3.8, 4) is 16.9 Å². The molecule has 2 aromatic rings. The Balaban J connectivity index is 2.08. The maximum Gasteiger partial charge on any atom is 0.326 e. The van der Waals surface area contributed by atoms with Crippen molar-refractivity contribution in [1.82, 2.24) is 4.72 Å². The van der Waals surface area contributed by atoms with E-state index in [4.69, 9.17) is 0 Å². The van der Waals surface area contributed by atoms with E-state index in [9.17, 15) is 22.7 Å². The van der Waals surface area contributed by atoms with Gasteiger partial charge in [-0.15, -0.1) is 0 Å². The zero-order valence-electron chi connectivity index (χ0n) is 11.2. The number of nitrogens with one attached hydrogen (secondary N) is 1. The van der Waals surface area contributed by atoms with Gasteiger partial charge in [-0.2, -0.15) is 8.42 Å². The molecule has 1 fully saturated rings. The topological polar surface area (TPSA) is 86.7 Å². The first-order chi connectivity index (χ1) is 10.4. The molecule has 0 bridgehead atoms. The van der Waals surface area contributed by atoms with Gasteiger partial charge in [-0.25, -0.2) is 13.4 Å². The van der Waals surface area contributed by atoms with Crippen LogP contribution in [0.2, 0.25) is 0 Å². The van der Waals surface area contributed by atoms with E-state index in [1.165, 1.54) is 36.4 Å². The second-order valence-corrected chi connectivity index (χ2v) is 6.34. The number of phenolic OH excluding ortho intramolecular Hbond substituents is 1. The second kappa shape index (κ2) is 4.99. The summed E-state index contributed by atoms with van der Waals surface area (Å²) in [5, 5.41) is 9.90. The third-order valence-electron chi connectivity index (χ3n) is 3.24. The maximum atomic E-state index is 13.0. The van der Waals surface area contributed by atoms with Gasteiger partial charge in [0.15, 0.2) is 0 Å². The average Bonchev–Trinajstić information content (AvgIpc) is 2.73. The Bertz CT molecular complexity index is 850. The van der Waals surface area contributed by atoms with Gasteiger partial charge >= 0.3 is 10.2 Å². The van der Waals surface area contributed by atoms with Crippen molar-refractivity contribution in [3.05, 3.63) is 48.3 Å². The van der Waals surface area contributed by atoms with Crippen LogP contribution in [0.1, 0.15) is 0 Å². The van der Waals surface area contributed by atoms with Gasteiger partial charge in [0.25, 0.3) is 5.91 Å². The fraction of sp³-hybridized carbons (Fsp3) is 0.0714. The number of hydrogen-bond acceptors (Lipinski definition) is 4. The first-order valence-electron chi connectivity index (χ1n) is 6.29. The number of aromatic hydroxyl groups is 1. The van der Waals surface area contributed by atoms with Crippen LogP contribution in [0.3, 0.4) is 0 Å². The molecule has 114 valence electrons. The van der Waals surface area contributed by atoms with Crippen LogP contribution in [0.4, 0.5) is 10.1 Å². The minimum atomic E-state index is -4.00. The molecular weight excluding hydrogens is 311 g/mol. The van der Waals surface area contributed by atoms with Crippen molar-refractivity contribution in [2.75, 3.05) is 10.8 Å². The summed E-state index contributed by atoms with van der Waals surface area (Å²) in [6, 6.07) is 9.95. The lowest BCUT2D eigenvalue weighted by Gasteiger charge is -2.17. The van der Waals surface area contributed by atoms with E-state index in [1.54, 1.807) is 6.07 Å². The molecule has 0 saturated carbocycles. The summed E-state index contributed by atoms with van der Waals surface area (Å²) in [6.45, 7) is -0.400. The van der Waals surface area contributed by atoms with Gasteiger partial charge in [-0.3, -0.25) is 4.79 Å². The predicted octanol–water partition coefficient (Wildman–Crippen LogP) is 1.38. The monoisotopic (exact) mass is 322 g/mol. The molecule has 8 heteroatoms. The molecule has 1 aliphatic rings. The van der Waals surface area contributed by atoms with Crippen LogP contribution in [0.25, 0.3) is 11.1 Å². The number of benzene rings is 2. The molecule has 3 rings (SSSR count). The molecule has 1 aliphatic heterocycles. The van der Waals surface area contributed by atoms with E-state index in [1.807, 2.05) is 4.72 Å². The summed E-state index contributed by atoms with van der Waals surface area (Å²) in [7, 11) is -4.00. The zero-order valence-corrected chi connectivity index (χ0v) is 12.0. The smallest absolute Gasteiger partial charge is 0.326 e. The van der Waals surface area contributed by atoms with Crippen LogP contribution >= 0.6 is 0 Å². The Morgan fingerprint density at radius 2 is 1.73 bits per heavy atom. The summed E-state index contributed by atoms with van der Waals surface area (Å²) in [6.07, 6.45) is 0. The minimum absolute atomic E-state index is 0.0137. The van der Waals surface area contributed by atoms with Gasteiger partial charge in [0.2, 0.25) is 0 Å². The molecule has 0 aliphatic carbocycles. The van der Waals surface area contributed by atoms with Crippen LogP contribution in [0.15, 0.2) is 42.5 Å². The number of carbonyl (C=O) groups is 1. The molecule has 1 saturated heterocycles. The van der Waals surface area contributed by atoms with Gasteiger partial charge in [0.05, 0.1) is 5.69 Å². The molecule has 0 radical (unpaired) electrons.